The number of nitrogens with zero attached hydrogens (tertiary/aromatic N) is 2. The molecule has 0 amide bonds. The molecule has 2 atom stereocenters. The Balaban J connectivity index is 2.15. The van der Waals surface area contributed by atoms with Crippen molar-refractivity contribution in [2.75, 3.05) is 0 Å². The lowest BCUT2D eigenvalue weighted by Gasteiger charge is -2.24. The molecule has 5 nitrogen and oxygen atoms in total. The quantitative estimate of drug-likeness (QED) is 0.635. The summed E-state index contributed by atoms with van der Waals surface area (Å²) in [6.45, 7) is 4.83. The Morgan fingerprint density at radius 3 is 2.95 bits per heavy atom. The van der Waals surface area contributed by atoms with E-state index >= 15 is 0 Å². The van der Waals surface area contributed by atoms with Crippen molar-refractivity contribution in [3.8, 4) is 5.75 Å². The fourth-order valence-electron chi connectivity index (χ4n) is 2.11. The largest absolute Gasteiger partial charge is 0.489 e. The maximum atomic E-state index is 5.95. The van der Waals surface area contributed by atoms with Crippen molar-refractivity contribution in [1.29, 1.82) is 0 Å². The predicted molar refractivity (Wildman–Crippen MR) is 79.5 cm³/mol. The molecule has 2 rings (SSSR count). The summed E-state index contributed by atoms with van der Waals surface area (Å²) in [6, 6.07) is 7.09. The number of aryl methyl sites for hydroxylation is 1. The van der Waals surface area contributed by atoms with Crippen LogP contribution in [0.25, 0.3) is 0 Å². The van der Waals surface area contributed by atoms with Crippen LogP contribution >= 0.6 is 11.6 Å². The first kappa shape index (κ1) is 14.8. The zero-order chi connectivity index (χ0) is 14.5. The molecule has 1 aromatic heterocycles. The third-order valence-corrected chi connectivity index (χ3v) is 3.37. The highest BCUT2D eigenvalue weighted by Gasteiger charge is 2.23. The second-order valence-corrected chi connectivity index (χ2v) is 4.93. The molecule has 0 aliphatic carbocycles. The topological polar surface area (TPSA) is 65.1 Å². The standard InChI is InChI=1S/C14H19ClN4O/c1-3-19-8-7-17-14(19)13(18-16)10(2)20-12-6-4-5-11(15)9-12/h4-10,13,18H,3,16H2,1-2H3. The summed E-state index contributed by atoms with van der Waals surface area (Å²) in [5.41, 5.74) is 2.77. The van der Waals surface area contributed by atoms with Crippen molar-refractivity contribution < 1.29 is 4.74 Å². The Hall–Kier alpha value is -1.56. The highest BCUT2D eigenvalue weighted by molar-refractivity contribution is 6.30. The van der Waals surface area contributed by atoms with E-state index in [0.717, 1.165) is 12.4 Å². The number of imidazole rings is 1. The number of halogens is 1. The summed E-state index contributed by atoms with van der Waals surface area (Å²) in [6.07, 6.45) is 3.49. The van der Waals surface area contributed by atoms with Crippen LogP contribution < -0.4 is 16.0 Å². The van der Waals surface area contributed by atoms with Gasteiger partial charge in [0.15, 0.2) is 0 Å². The molecule has 108 valence electrons. The molecule has 20 heavy (non-hydrogen) atoms. The van der Waals surface area contributed by atoms with E-state index in [4.69, 9.17) is 22.2 Å². The van der Waals surface area contributed by atoms with Crippen LogP contribution in [0, 0.1) is 0 Å². The highest BCUT2D eigenvalue weighted by Crippen LogP contribution is 2.23. The zero-order valence-corrected chi connectivity index (χ0v) is 12.3. The number of hydrogen-bond acceptors (Lipinski definition) is 4. The summed E-state index contributed by atoms with van der Waals surface area (Å²) in [5.74, 6) is 7.22. The lowest BCUT2D eigenvalue weighted by atomic mass is 10.1. The number of aromatic nitrogens is 2. The van der Waals surface area contributed by atoms with E-state index in [1.54, 1.807) is 12.3 Å². The van der Waals surface area contributed by atoms with Gasteiger partial charge in [-0.2, -0.15) is 0 Å². The SMILES string of the molecule is CCn1ccnc1C(NN)C(C)Oc1cccc(Cl)c1. The van der Waals surface area contributed by atoms with E-state index in [0.29, 0.717) is 10.8 Å². The zero-order valence-electron chi connectivity index (χ0n) is 11.6. The average molecular weight is 295 g/mol. The van der Waals surface area contributed by atoms with Crippen LogP contribution in [-0.4, -0.2) is 15.7 Å². The summed E-state index contributed by atoms with van der Waals surface area (Å²) in [7, 11) is 0. The molecular formula is C14H19ClN4O. The molecule has 0 saturated carbocycles. The van der Waals surface area contributed by atoms with E-state index in [1.807, 2.05) is 35.9 Å². The van der Waals surface area contributed by atoms with Crippen molar-refractivity contribution in [1.82, 2.24) is 15.0 Å². The fraction of sp³-hybridized carbons (Fsp3) is 0.357. The molecule has 1 heterocycles. The van der Waals surface area contributed by atoms with Crippen molar-refractivity contribution in [3.63, 3.8) is 0 Å². The minimum absolute atomic E-state index is 0.189. The molecular weight excluding hydrogens is 276 g/mol. The summed E-state index contributed by atoms with van der Waals surface area (Å²) in [5, 5.41) is 0.641. The number of benzene rings is 1. The minimum Gasteiger partial charge on any atom is -0.489 e. The molecule has 1 aromatic carbocycles. The fourth-order valence-corrected chi connectivity index (χ4v) is 2.29. The number of hydrazine groups is 1. The Bertz CT molecular complexity index is 558. The average Bonchev–Trinajstić information content (AvgIpc) is 2.88. The molecule has 0 saturated heterocycles. The lowest BCUT2D eigenvalue weighted by molar-refractivity contribution is 0.164. The Morgan fingerprint density at radius 2 is 2.30 bits per heavy atom. The number of ether oxygens (including phenoxy) is 1. The molecule has 0 bridgehead atoms. The van der Waals surface area contributed by atoms with Gasteiger partial charge in [-0.1, -0.05) is 17.7 Å². The van der Waals surface area contributed by atoms with Gasteiger partial charge in [-0.15, -0.1) is 0 Å². The van der Waals surface area contributed by atoms with Gasteiger partial charge in [0.25, 0.3) is 0 Å². The monoisotopic (exact) mass is 294 g/mol. The van der Waals surface area contributed by atoms with E-state index in [2.05, 4.69) is 17.3 Å². The van der Waals surface area contributed by atoms with Gasteiger partial charge in [0.05, 0.1) is 0 Å². The van der Waals surface area contributed by atoms with Crippen LogP contribution in [0.3, 0.4) is 0 Å². The van der Waals surface area contributed by atoms with Crippen molar-refractivity contribution in [2.24, 2.45) is 5.84 Å². The van der Waals surface area contributed by atoms with Gasteiger partial charge in [0, 0.05) is 24.0 Å². The third-order valence-electron chi connectivity index (χ3n) is 3.13. The smallest absolute Gasteiger partial charge is 0.130 e. The molecule has 0 aliphatic rings. The van der Waals surface area contributed by atoms with Gasteiger partial charge in [0.1, 0.15) is 23.7 Å². The van der Waals surface area contributed by atoms with Crippen molar-refractivity contribution in [2.45, 2.75) is 32.5 Å². The molecule has 0 aliphatic heterocycles. The van der Waals surface area contributed by atoms with Gasteiger partial charge in [-0.3, -0.25) is 5.84 Å². The Kier molecular flexibility index (Phi) is 5.00. The number of nitrogens with two attached hydrogens (primary N) is 1. The number of rotatable bonds is 6. The third kappa shape index (κ3) is 3.30. The molecule has 2 aromatic rings. The predicted octanol–water partition coefficient (Wildman–Crippen LogP) is 2.53. The maximum absolute atomic E-state index is 5.95. The minimum atomic E-state index is -0.205. The second kappa shape index (κ2) is 6.74. The Labute approximate surface area is 123 Å². The first-order chi connectivity index (χ1) is 9.65. The first-order valence-electron chi connectivity index (χ1n) is 6.55. The number of hydrogen-bond donors (Lipinski definition) is 2. The molecule has 0 fully saturated rings. The number of nitrogens with one attached hydrogen (secondary N) is 1. The lowest BCUT2D eigenvalue weighted by Crippen LogP contribution is -2.39. The molecule has 2 unspecified atom stereocenters. The van der Waals surface area contributed by atoms with E-state index in [1.165, 1.54) is 0 Å². The summed E-state index contributed by atoms with van der Waals surface area (Å²) < 4.78 is 7.92. The van der Waals surface area contributed by atoms with Gasteiger partial charge in [0.2, 0.25) is 0 Å². The van der Waals surface area contributed by atoms with Crippen LogP contribution in [0.4, 0.5) is 0 Å². The van der Waals surface area contributed by atoms with Crippen molar-refractivity contribution >= 4 is 11.6 Å². The molecule has 3 N–H and O–H groups in total. The van der Waals surface area contributed by atoms with Crippen LogP contribution in [-0.2, 0) is 6.54 Å². The highest BCUT2D eigenvalue weighted by atomic mass is 35.5. The normalized spacial score (nSPS) is 14.0. The molecule has 0 radical (unpaired) electrons. The van der Waals surface area contributed by atoms with Gasteiger partial charge >= 0.3 is 0 Å². The van der Waals surface area contributed by atoms with Crippen LogP contribution in [0.1, 0.15) is 25.7 Å². The van der Waals surface area contributed by atoms with Crippen LogP contribution in [0.5, 0.6) is 5.75 Å². The molecule has 6 heteroatoms. The van der Waals surface area contributed by atoms with Gasteiger partial charge < -0.3 is 9.30 Å². The molecule has 0 spiro atoms. The van der Waals surface area contributed by atoms with E-state index < -0.39 is 0 Å². The Morgan fingerprint density at radius 1 is 1.50 bits per heavy atom. The summed E-state index contributed by atoms with van der Waals surface area (Å²) >= 11 is 5.95. The summed E-state index contributed by atoms with van der Waals surface area (Å²) in [4.78, 5) is 4.35. The van der Waals surface area contributed by atoms with Gasteiger partial charge in [-0.25, -0.2) is 10.4 Å². The second-order valence-electron chi connectivity index (χ2n) is 4.50. The van der Waals surface area contributed by atoms with Crippen LogP contribution in [0.2, 0.25) is 5.02 Å². The van der Waals surface area contributed by atoms with Crippen LogP contribution in [0.15, 0.2) is 36.7 Å². The van der Waals surface area contributed by atoms with E-state index in [-0.39, 0.29) is 12.1 Å². The van der Waals surface area contributed by atoms with Gasteiger partial charge in [-0.05, 0) is 32.0 Å². The van der Waals surface area contributed by atoms with E-state index in [9.17, 15) is 0 Å². The van der Waals surface area contributed by atoms with Crippen molar-refractivity contribution in [3.05, 3.63) is 47.5 Å². The first-order valence-corrected chi connectivity index (χ1v) is 6.93. The maximum Gasteiger partial charge on any atom is 0.130 e.